The molecule has 148 valence electrons. The van der Waals surface area contributed by atoms with Gasteiger partial charge in [-0.3, -0.25) is 4.90 Å². The van der Waals surface area contributed by atoms with E-state index < -0.39 is 0 Å². The molecule has 29 heavy (non-hydrogen) atoms. The zero-order valence-corrected chi connectivity index (χ0v) is 16.8. The van der Waals surface area contributed by atoms with E-state index in [0.717, 1.165) is 49.3 Å². The Morgan fingerprint density at radius 3 is 2.79 bits per heavy atom. The first-order valence-corrected chi connectivity index (χ1v) is 10.6. The van der Waals surface area contributed by atoms with Gasteiger partial charge in [-0.1, -0.05) is 24.3 Å². The summed E-state index contributed by atoms with van der Waals surface area (Å²) in [5.41, 5.74) is 7.84. The maximum absolute atomic E-state index is 6.04. The lowest BCUT2D eigenvalue weighted by Crippen LogP contribution is -2.38. The van der Waals surface area contributed by atoms with Crippen LogP contribution < -0.4 is 10.5 Å². The fourth-order valence-electron chi connectivity index (χ4n) is 3.60. The number of anilines is 1. The van der Waals surface area contributed by atoms with E-state index in [0.29, 0.717) is 12.5 Å². The van der Waals surface area contributed by atoms with Crippen molar-refractivity contribution in [1.82, 2.24) is 14.9 Å². The molecule has 0 radical (unpaired) electrons. The number of hydrogen-bond donors (Lipinski definition) is 1. The molecule has 0 amide bonds. The summed E-state index contributed by atoms with van der Waals surface area (Å²) < 4.78 is 12.7. The van der Waals surface area contributed by atoms with Gasteiger partial charge in [0.25, 0.3) is 0 Å². The van der Waals surface area contributed by atoms with E-state index in [1.165, 1.54) is 15.0 Å². The summed E-state index contributed by atoms with van der Waals surface area (Å²) in [4.78, 5) is 12.3. The lowest BCUT2D eigenvalue weighted by atomic mass is 10.1. The van der Waals surface area contributed by atoms with Gasteiger partial charge in [0.15, 0.2) is 0 Å². The standard InChI is InChI=1S/C22H22N4O2S/c23-22-24-18-6-5-16(20-14-15-3-1-2-4-19(15)29-20)13-17(18)21(25-22)28-12-9-26-7-10-27-11-8-26/h1-6,13-14H,7-12H2,(H2,23,24,25). The van der Waals surface area contributed by atoms with Crippen LogP contribution >= 0.6 is 11.3 Å². The molecule has 5 rings (SSSR count). The molecular formula is C22H22N4O2S. The van der Waals surface area contributed by atoms with Gasteiger partial charge in [-0.05, 0) is 35.2 Å². The van der Waals surface area contributed by atoms with Crippen LogP contribution in [0.25, 0.3) is 31.4 Å². The maximum Gasteiger partial charge on any atom is 0.226 e. The summed E-state index contributed by atoms with van der Waals surface area (Å²) in [5.74, 6) is 0.775. The highest BCUT2D eigenvalue weighted by molar-refractivity contribution is 7.22. The predicted molar refractivity (Wildman–Crippen MR) is 118 cm³/mol. The Hall–Kier alpha value is -2.74. The van der Waals surface area contributed by atoms with Crippen molar-refractivity contribution in [2.45, 2.75) is 0 Å². The molecule has 2 aromatic heterocycles. The van der Waals surface area contributed by atoms with Gasteiger partial charge < -0.3 is 15.2 Å². The molecule has 1 aliphatic heterocycles. The van der Waals surface area contributed by atoms with E-state index in [9.17, 15) is 0 Å². The highest BCUT2D eigenvalue weighted by atomic mass is 32.1. The molecule has 0 unspecified atom stereocenters. The molecule has 0 atom stereocenters. The number of nitrogen functional groups attached to an aromatic ring is 1. The van der Waals surface area contributed by atoms with Crippen molar-refractivity contribution in [2.75, 3.05) is 45.2 Å². The Balaban J connectivity index is 1.44. The fourth-order valence-corrected chi connectivity index (χ4v) is 4.66. The van der Waals surface area contributed by atoms with Crippen LogP contribution in [0.5, 0.6) is 5.88 Å². The van der Waals surface area contributed by atoms with Crippen molar-refractivity contribution >= 4 is 38.3 Å². The summed E-state index contributed by atoms with van der Waals surface area (Å²) in [7, 11) is 0. The largest absolute Gasteiger partial charge is 0.476 e. The first kappa shape index (κ1) is 18.3. The van der Waals surface area contributed by atoms with Crippen LogP contribution in [0.15, 0.2) is 48.5 Å². The number of nitrogens with two attached hydrogens (primary N) is 1. The van der Waals surface area contributed by atoms with Crippen molar-refractivity contribution in [3.8, 4) is 16.3 Å². The van der Waals surface area contributed by atoms with Gasteiger partial charge in [-0.2, -0.15) is 4.98 Å². The minimum absolute atomic E-state index is 0.230. The average Bonchev–Trinajstić information content (AvgIpc) is 3.18. The van der Waals surface area contributed by atoms with E-state index in [-0.39, 0.29) is 5.95 Å². The van der Waals surface area contributed by atoms with Crippen LogP contribution in [0.2, 0.25) is 0 Å². The van der Waals surface area contributed by atoms with Crippen LogP contribution in [0, 0.1) is 0 Å². The van der Waals surface area contributed by atoms with Gasteiger partial charge in [-0.15, -0.1) is 11.3 Å². The zero-order chi connectivity index (χ0) is 19.6. The van der Waals surface area contributed by atoms with Crippen LogP contribution in [0.4, 0.5) is 5.95 Å². The Bertz CT molecular complexity index is 1120. The van der Waals surface area contributed by atoms with Gasteiger partial charge >= 0.3 is 0 Å². The first-order chi connectivity index (χ1) is 14.3. The molecule has 1 fully saturated rings. The second-order valence-corrected chi connectivity index (χ2v) is 8.15. The molecule has 2 N–H and O–H groups in total. The number of rotatable bonds is 5. The van der Waals surface area contributed by atoms with Gasteiger partial charge in [-0.25, -0.2) is 4.98 Å². The normalized spacial score (nSPS) is 15.2. The fraction of sp³-hybridized carbons (Fsp3) is 0.273. The second-order valence-electron chi connectivity index (χ2n) is 7.07. The number of hydrogen-bond acceptors (Lipinski definition) is 7. The number of ether oxygens (including phenoxy) is 2. The molecule has 3 heterocycles. The smallest absolute Gasteiger partial charge is 0.226 e. The Morgan fingerprint density at radius 1 is 1.07 bits per heavy atom. The SMILES string of the molecule is Nc1nc(OCCN2CCOCC2)c2cc(-c3cc4ccccc4s3)ccc2n1. The van der Waals surface area contributed by atoms with E-state index in [1.807, 2.05) is 6.07 Å². The van der Waals surface area contributed by atoms with E-state index in [1.54, 1.807) is 11.3 Å². The lowest BCUT2D eigenvalue weighted by molar-refractivity contribution is 0.0321. The van der Waals surface area contributed by atoms with Crippen LogP contribution in [0.1, 0.15) is 0 Å². The number of thiophene rings is 1. The summed E-state index contributed by atoms with van der Waals surface area (Å²) in [5, 5.41) is 2.14. The Morgan fingerprint density at radius 2 is 1.93 bits per heavy atom. The zero-order valence-electron chi connectivity index (χ0n) is 16.0. The molecule has 0 bridgehead atoms. The number of fused-ring (bicyclic) bond motifs is 2. The van der Waals surface area contributed by atoms with Gasteiger partial charge in [0.2, 0.25) is 11.8 Å². The summed E-state index contributed by atoms with van der Waals surface area (Å²) >= 11 is 1.78. The number of benzene rings is 2. The summed E-state index contributed by atoms with van der Waals surface area (Å²) in [6.45, 7) is 4.82. The van der Waals surface area contributed by atoms with Gasteiger partial charge in [0.1, 0.15) is 6.61 Å². The highest BCUT2D eigenvalue weighted by Gasteiger charge is 2.13. The number of morpholine rings is 1. The third-order valence-electron chi connectivity index (χ3n) is 5.14. The number of aromatic nitrogens is 2. The van der Waals surface area contributed by atoms with E-state index in [2.05, 4.69) is 57.3 Å². The minimum atomic E-state index is 0.230. The molecule has 4 aromatic rings. The maximum atomic E-state index is 6.04. The van der Waals surface area contributed by atoms with Crippen molar-refractivity contribution in [1.29, 1.82) is 0 Å². The molecule has 1 aliphatic rings. The molecule has 7 heteroatoms. The second kappa shape index (κ2) is 7.94. The molecule has 0 saturated carbocycles. The lowest BCUT2D eigenvalue weighted by Gasteiger charge is -2.26. The van der Waals surface area contributed by atoms with Crippen molar-refractivity contribution in [3.63, 3.8) is 0 Å². The molecule has 1 saturated heterocycles. The third-order valence-corrected chi connectivity index (χ3v) is 6.30. The quantitative estimate of drug-likeness (QED) is 0.543. The van der Waals surface area contributed by atoms with Crippen molar-refractivity contribution in [3.05, 3.63) is 48.5 Å². The molecular weight excluding hydrogens is 384 g/mol. The molecule has 6 nitrogen and oxygen atoms in total. The predicted octanol–water partition coefficient (Wildman–Crippen LogP) is 3.80. The summed E-state index contributed by atoms with van der Waals surface area (Å²) in [6, 6.07) is 16.8. The minimum Gasteiger partial charge on any atom is -0.476 e. The number of nitrogens with zero attached hydrogens (tertiary/aromatic N) is 3. The topological polar surface area (TPSA) is 73.5 Å². The van der Waals surface area contributed by atoms with E-state index in [4.69, 9.17) is 15.2 Å². The highest BCUT2D eigenvalue weighted by Crippen LogP contribution is 2.36. The molecule has 2 aromatic carbocycles. The van der Waals surface area contributed by atoms with Crippen LogP contribution in [-0.4, -0.2) is 54.3 Å². The van der Waals surface area contributed by atoms with Crippen LogP contribution in [0.3, 0.4) is 0 Å². The monoisotopic (exact) mass is 406 g/mol. The molecule has 0 aliphatic carbocycles. The van der Waals surface area contributed by atoms with Crippen molar-refractivity contribution in [2.24, 2.45) is 0 Å². The average molecular weight is 407 g/mol. The van der Waals surface area contributed by atoms with E-state index >= 15 is 0 Å². The Labute approximate surface area is 172 Å². The summed E-state index contributed by atoms with van der Waals surface area (Å²) in [6.07, 6.45) is 0. The van der Waals surface area contributed by atoms with Crippen LogP contribution in [-0.2, 0) is 4.74 Å². The third kappa shape index (κ3) is 3.89. The first-order valence-electron chi connectivity index (χ1n) is 9.75. The van der Waals surface area contributed by atoms with Crippen molar-refractivity contribution < 1.29 is 9.47 Å². The Kier molecular flexibility index (Phi) is 5.01. The van der Waals surface area contributed by atoms with Gasteiger partial charge in [0, 0.05) is 29.2 Å². The molecule has 0 spiro atoms. The van der Waals surface area contributed by atoms with Gasteiger partial charge in [0.05, 0.1) is 24.1 Å².